The van der Waals surface area contributed by atoms with Gasteiger partial charge in [0.05, 0.1) is 12.4 Å². The molecule has 1 N–H and O–H groups in total. The minimum absolute atomic E-state index is 0.223. The van der Waals surface area contributed by atoms with Gasteiger partial charge < -0.3 is 10.1 Å². The zero-order valence-electron chi connectivity index (χ0n) is 9.95. The van der Waals surface area contributed by atoms with Gasteiger partial charge in [0, 0.05) is 25.4 Å². The van der Waals surface area contributed by atoms with E-state index in [2.05, 4.69) is 12.2 Å². The van der Waals surface area contributed by atoms with Crippen LogP contribution in [0.3, 0.4) is 0 Å². The Morgan fingerprint density at radius 2 is 1.93 bits per heavy atom. The summed E-state index contributed by atoms with van der Waals surface area (Å²) in [5.41, 5.74) is 0. The van der Waals surface area contributed by atoms with Crippen molar-refractivity contribution in [3.05, 3.63) is 0 Å². The Kier molecular flexibility index (Phi) is 8.00. The van der Waals surface area contributed by atoms with Gasteiger partial charge in [-0.3, -0.25) is 0 Å². The van der Waals surface area contributed by atoms with Crippen LogP contribution < -0.4 is 5.32 Å². The van der Waals surface area contributed by atoms with E-state index < -0.39 is 9.84 Å². The second-order valence-electron chi connectivity index (χ2n) is 3.67. The highest BCUT2D eigenvalue weighted by atomic mass is 32.2. The maximum atomic E-state index is 11.4. The molecule has 0 bridgehead atoms. The summed E-state index contributed by atoms with van der Waals surface area (Å²) in [5.74, 6) is 0.511. The van der Waals surface area contributed by atoms with Crippen LogP contribution >= 0.6 is 0 Å². The highest BCUT2D eigenvalue weighted by Gasteiger charge is 2.10. The summed E-state index contributed by atoms with van der Waals surface area (Å²) in [5, 5.41) is 3.18. The van der Waals surface area contributed by atoms with Crippen molar-refractivity contribution in [1.29, 1.82) is 0 Å². The molecule has 4 nitrogen and oxygen atoms in total. The molecule has 0 aromatic rings. The molecule has 0 saturated carbocycles. The fourth-order valence-corrected chi connectivity index (χ4v) is 2.61. The van der Waals surface area contributed by atoms with Crippen LogP contribution in [0.1, 0.15) is 26.7 Å². The van der Waals surface area contributed by atoms with E-state index in [9.17, 15) is 8.42 Å². The minimum Gasteiger partial charge on any atom is -0.383 e. The Hall–Kier alpha value is -0.130. The van der Waals surface area contributed by atoms with Crippen LogP contribution in [-0.2, 0) is 14.6 Å². The monoisotopic (exact) mass is 237 g/mol. The molecule has 1 atom stereocenters. The Bertz CT molecular complexity index is 239. The number of sulfone groups is 1. The maximum Gasteiger partial charge on any atom is 0.151 e. The molecular weight excluding hydrogens is 214 g/mol. The number of methoxy groups -OCH3 is 1. The Morgan fingerprint density at radius 3 is 2.40 bits per heavy atom. The van der Waals surface area contributed by atoms with E-state index in [0.29, 0.717) is 19.6 Å². The van der Waals surface area contributed by atoms with Crippen molar-refractivity contribution in [2.24, 2.45) is 0 Å². The molecule has 0 aliphatic carbocycles. The van der Waals surface area contributed by atoms with Crippen LogP contribution in [0.4, 0.5) is 0 Å². The SMILES string of the molecule is CCCS(=O)(=O)CCNC(CC)COC. The first-order valence-electron chi connectivity index (χ1n) is 5.48. The van der Waals surface area contributed by atoms with Crippen LogP contribution in [0.15, 0.2) is 0 Å². The predicted molar refractivity (Wildman–Crippen MR) is 62.9 cm³/mol. The van der Waals surface area contributed by atoms with Gasteiger partial charge >= 0.3 is 0 Å². The first-order chi connectivity index (χ1) is 7.05. The number of hydrogen-bond donors (Lipinski definition) is 1. The summed E-state index contributed by atoms with van der Waals surface area (Å²) in [7, 11) is -1.20. The first kappa shape index (κ1) is 14.9. The third-order valence-electron chi connectivity index (χ3n) is 2.22. The lowest BCUT2D eigenvalue weighted by Gasteiger charge is -2.15. The molecule has 0 amide bonds. The Morgan fingerprint density at radius 1 is 1.27 bits per heavy atom. The largest absolute Gasteiger partial charge is 0.383 e. The number of rotatable bonds is 9. The van der Waals surface area contributed by atoms with Crippen molar-refractivity contribution < 1.29 is 13.2 Å². The van der Waals surface area contributed by atoms with Gasteiger partial charge in [-0.15, -0.1) is 0 Å². The van der Waals surface area contributed by atoms with Crippen molar-refractivity contribution in [2.75, 3.05) is 31.8 Å². The van der Waals surface area contributed by atoms with Gasteiger partial charge in [-0.05, 0) is 12.8 Å². The molecule has 0 fully saturated rings. The molecule has 0 radical (unpaired) electrons. The molecule has 15 heavy (non-hydrogen) atoms. The number of nitrogens with one attached hydrogen (secondary N) is 1. The van der Waals surface area contributed by atoms with Crippen molar-refractivity contribution in [1.82, 2.24) is 5.32 Å². The number of hydrogen-bond acceptors (Lipinski definition) is 4. The van der Waals surface area contributed by atoms with E-state index in [1.807, 2.05) is 6.92 Å². The van der Waals surface area contributed by atoms with E-state index in [4.69, 9.17) is 4.74 Å². The quantitative estimate of drug-likeness (QED) is 0.645. The van der Waals surface area contributed by atoms with Crippen LogP contribution in [0.25, 0.3) is 0 Å². The summed E-state index contributed by atoms with van der Waals surface area (Å²) in [6.07, 6.45) is 1.64. The molecule has 0 aliphatic rings. The molecule has 1 unspecified atom stereocenters. The van der Waals surface area contributed by atoms with Crippen molar-refractivity contribution in [3.63, 3.8) is 0 Å². The van der Waals surface area contributed by atoms with Gasteiger partial charge in [0.25, 0.3) is 0 Å². The van der Waals surface area contributed by atoms with Crippen LogP contribution in [0.2, 0.25) is 0 Å². The molecule has 0 aromatic heterocycles. The van der Waals surface area contributed by atoms with Crippen molar-refractivity contribution >= 4 is 9.84 Å². The summed E-state index contributed by atoms with van der Waals surface area (Å²) < 4.78 is 27.8. The third-order valence-corrected chi connectivity index (χ3v) is 4.08. The van der Waals surface area contributed by atoms with Gasteiger partial charge in [-0.25, -0.2) is 8.42 Å². The molecule has 0 rings (SSSR count). The van der Waals surface area contributed by atoms with Crippen LogP contribution in [0.5, 0.6) is 0 Å². The van der Waals surface area contributed by atoms with E-state index in [1.54, 1.807) is 7.11 Å². The summed E-state index contributed by atoms with van der Waals surface area (Å²) in [4.78, 5) is 0. The molecule has 5 heteroatoms. The number of ether oxygens (including phenoxy) is 1. The lowest BCUT2D eigenvalue weighted by Crippen LogP contribution is -2.36. The van der Waals surface area contributed by atoms with E-state index >= 15 is 0 Å². The maximum absolute atomic E-state index is 11.4. The zero-order valence-corrected chi connectivity index (χ0v) is 10.8. The van der Waals surface area contributed by atoms with Crippen molar-refractivity contribution in [3.8, 4) is 0 Å². The molecule has 0 aliphatic heterocycles. The van der Waals surface area contributed by atoms with Gasteiger partial charge in [0.2, 0.25) is 0 Å². The van der Waals surface area contributed by atoms with Crippen molar-refractivity contribution in [2.45, 2.75) is 32.7 Å². The van der Waals surface area contributed by atoms with Gasteiger partial charge in [0.15, 0.2) is 9.84 Å². The Labute approximate surface area is 93.3 Å². The zero-order chi connectivity index (χ0) is 11.7. The summed E-state index contributed by atoms with van der Waals surface area (Å²) in [6, 6.07) is 0.256. The summed E-state index contributed by atoms with van der Waals surface area (Å²) in [6.45, 7) is 5.08. The van der Waals surface area contributed by atoms with Crippen LogP contribution in [0, 0.1) is 0 Å². The standard InChI is InChI=1S/C10H23NO3S/c1-4-7-15(12,13)8-6-11-10(5-2)9-14-3/h10-11H,4-9H2,1-3H3. The molecule has 0 heterocycles. The first-order valence-corrected chi connectivity index (χ1v) is 7.30. The van der Waals surface area contributed by atoms with E-state index in [-0.39, 0.29) is 17.5 Å². The lowest BCUT2D eigenvalue weighted by molar-refractivity contribution is 0.165. The van der Waals surface area contributed by atoms with Gasteiger partial charge in [-0.1, -0.05) is 13.8 Å². The summed E-state index contributed by atoms with van der Waals surface area (Å²) >= 11 is 0. The highest BCUT2D eigenvalue weighted by Crippen LogP contribution is 1.95. The lowest BCUT2D eigenvalue weighted by atomic mass is 10.2. The molecule has 0 saturated heterocycles. The normalized spacial score (nSPS) is 14.1. The van der Waals surface area contributed by atoms with E-state index in [0.717, 1.165) is 6.42 Å². The minimum atomic E-state index is -2.85. The van der Waals surface area contributed by atoms with Crippen LogP contribution in [-0.4, -0.2) is 46.2 Å². The molecular formula is C10H23NO3S. The average molecular weight is 237 g/mol. The highest BCUT2D eigenvalue weighted by molar-refractivity contribution is 7.91. The Balaban J connectivity index is 3.76. The molecule has 0 aromatic carbocycles. The molecule has 0 spiro atoms. The fourth-order valence-electron chi connectivity index (χ4n) is 1.35. The smallest absolute Gasteiger partial charge is 0.151 e. The average Bonchev–Trinajstić information content (AvgIpc) is 2.16. The second kappa shape index (κ2) is 8.07. The fraction of sp³-hybridized carbons (Fsp3) is 1.00. The molecule has 92 valence electrons. The topological polar surface area (TPSA) is 55.4 Å². The van der Waals surface area contributed by atoms with Gasteiger partial charge in [0.1, 0.15) is 0 Å². The predicted octanol–water partition coefficient (Wildman–Crippen LogP) is 0.826. The van der Waals surface area contributed by atoms with Gasteiger partial charge in [-0.2, -0.15) is 0 Å². The third kappa shape index (κ3) is 7.76. The van der Waals surface area contributed by atoms with E-state index in [1.165, 1.54) is 0 Å². The second-order valence-corrected chi connectivity index (χ2v) is 5.97.